The van der Waals surface area contributed by atoms with Gasteiger partial charge in [-0.2, -0.15) is 10.4 Å². The highest BCUT2D eigenvalue weighted by Gasteiger charge is 2.25. The van der Waals surface area contributed by atoms with Gasteiger partial charge in [0.05, 0.1) is 17.5 Å². The Morgan fingerprint density at radius 2 is 1.96 bits per heavy atom. The summed E-state index contributed by atoms with van der Waals surface area (Å²) in [6.45, 7) is 7.53. The maximum Gasteiger partial charge on any atom is 0.178 e. The number of aromatic amines is 1. The molecule has 0 bridgehead atoms. The zero-order valence-corrected chi connectivity index (χ0v) is 14.0. The molecule has 0 aliphatic carbocycles. The van der Waals surface area contributed by atoms with Crippen molar-refractivity contribution in [2.24, 2.45) is 5.41 Å². The first-order valence-corrected chi connectivity index (χ1v) is 7.66. The summed E-state index contributed by atoms with van der Waals surface area (Å²) < 4.78 is 0. The fraction of sp³-hybridized carbons (Fsp3) is 0.316. The molecular formula is C19H21N3O. The minimum Gasteiger partial charge on any atom is -0.293 e. The van der Waals surface area contributed by atoms with Crippen LogP contribution in [0.4, 0.5) is 0 Å². The summed E-state index contributed by atoms with van der Waals surface area (Å²) in [6.07, 6.45) is 4.23. The molecule has 0 spiro atoms. The molecule has 0 fully saturated rings. The van der Waals surface area contributed by atoms with Gasteiger partial charge in [0, 0.05) is 16.5 Å². The number of Topliss-reactive ketones (excluding diaryl/α,β-unsaturated/α-hetero) is 1. The van der Waals surface area contributed by atoms with Crippen LogP contribution in [0.15, 0.2) is 36.0 Å². The third-order valence-corrected chi connectivity index (χ3v) is 3.67. The number of allylic oxidation sites excluding steroid dienone is 1. The maximum absolute atomic E-state index is 12.3. The Bertz CT molecular complexity index is 768. The summed E-state index contributed by atoms with van der Waals surface area (Å²) in [5.74, 6) is -0.173. The van der Waals surface area contributed by atoms with Gasteiger partial charge in [0.1, 0.15) is 6.07 Å². The van der Waals surface area contributed by atoms with E-state index in [1.54, 1.807) is 33.0 Å². The van der Waals surface area contributed by atoms with Crippen molar-refractivity contribution < 1.29 is 4.79 Å². The van der Waals surface area contributed by atoms with Gasteiger partial charge in [0.15, 0.2) is 5.78 Å². The average Bonchev–Trinajstić information content (AvgIpc) is 2.99. The van der Waals surface area contributed by atoms with Gasteiger partial charge in [0.25, 0.3) is 0 Å². The third-order valence-electron chi connectivity index (χ3n) is 3.67. The Morgan fingerprint density at radius 1 is 1.30 bits per heavy atom. The zero-order chi connectivity index (χ0) is 17.0. The average molecular weight is 307 g/mol. The number of H-pyrrole nitrogens is 1. The normalized spacial score (nSPS) is 12.0. The SMILES string of the molecule is CCc1ccc(-c2[nH]ncc2/C=C(/C#N)C(=O)C(C)(C)C)cc1. The molecule has 2 aromatic rings. The number of aryl methyl sites for hydroxylation is 1. The lowest BCUT2D eigenvalue weighted by atomic mass is 9.86. The van der Waals surface area contributed by atoms with Crippen LogP contribution in [0.25, 0.3) is 17.3 Å². The van der Waals surface area contributed by atoms with E-state index < -0.39 is 5.41 Å². The molecule has 1 aromatic carbocycles. The van der Waals surface area contributed by atoms with Gasteiger partial charge in [-0.15, -0.1) is 0 Å². The largest absolute Gasteiger partial charge is 0.293 e. The second-order valence-corrected chi connectivity index (χ2v) is 6.50. The minimum atomic E-state index is -0.589. The van der Waals surface area contributed by atoms with Crippen LogP contribution in [0.5, 0.6) is 0 Å². The van der Waals surface area contributed by atoms with Gasteiger partial charge in [0.2, 0.25) is 0 Å². The maximum atomic E-state index is 12.3. The Kier molecular flexibility index (Phi) is 4.80. The molecule has 23 heavy (non-hydrogen) atoms. The number of rotatable bonds is 4. The molecule has 0 amide bonds. The third kappa shape index (κ3) is 3.75. The second-order valence-electron chi connectivity index (χ2n) is 6.50. The number of carbonyl (C=O) groups excluding carboxylic acids is 1. The Morgan fingerprint density at radius 3 is 2.48 bits per heavy atom. The first-order chi connectivity index (χ1) is 10.9. The molecule has 4 heteroatoms. The van der Waals surface area contributed by atoms with E-state index in [9.17, 15) is 10.1 Å². The van der Waals surface area contributed by atoms with E-state index in [0.29, 0.717) is 0 Å². The van der Waals surface area contributed by atoms with Crippen molar-refractivity contribution in [2.75, 3.05) is 0 Å². The summed E-state index contributed by atoms with van der Waals surface area (Å²) in [5, 5.41) is 16.3. The van der Waals surface area contributed by atoms with Crippen LogP contribution in [0, 0.1) is 16.7 Å². The Labute approximate surface area is 136 Å². The molecule has 2 rings (SSSR count). The number of nitrogens with zero attached hydrogens (tertiary/aromatic N) is 2. The quantitative estimate of drug-likeness (QED) is 0.681. The zero-order valence-electron chi connectivity index (χ0n) is 14.0. The molecule has 0 atom stereocenters. The number of benzene rings is 1. The van der Waals surface area contributed by atoms with E-state index in [0.717, 1.165) is 23.2 Å². The van der Waals surface area contributed by atoms with Crippen molar-refractivity contribution in [1.82, 2.24) is 10.2 Å². The summed E-state index contributed by atoms with van der Waals surface area (Å²) in [4.78, 5) is 12.3. The van der Waals surface area contributed by atoms with Gasteiger partial charge < -0.3 is 0 Å². The Hall–Kier alpha value is -2.67. The fourth-order valence-corrected chi connectivity index (χ4v) is 2.25. The van der Waals surface area contributed by atoms with E-state index in [1.165, 1.54) is 5.56 Å². The summed E-state index contributed by atoms with van der Waals surface area (Å²) in [6, 6.07) is 10.2. The molecule has 0 saturated heterocycles. The van der Waals surface area contributed by atoms with Crippen LogP contribution in [-0.2, 0) is 11.2 Å². The van der Waals surface area contributed by atoms with Gasteiger partial charge >= 0.3 is 0 Å². The number of hydrogen-bond acceptors (Lipinski definition) is 3. The molecule has 0 radical (unpaired) electrons. The molecule has 0 unspecified atom stereocenters. The molecule has 118 valence electrons. The molecular weight excluding hydrogens is 286 g/mol. The van der Waals surface area contributed by atoms with Gasteiger partial charge in [-0.1, -0.05) is 52.0 Å². The summed E-state index contributed by atoms with van der Waals surface area (Å²) in [5.41, 5.74) is 3.34. The predicted octanol–water partition coefficient (Wildman–Crippen LogP) is 4.16. The van der Waals surface area contributed by atoms with E-state index in [1.807, 2.05) is 18.2 Å². The van der Waals surface area contributed by atoms with Gasteiger partial charge in [-0.05, 0) is 18.1 Å². The first-order valence-electron chi connectivity index (χ1n) is 7.66. The highest BCUT2D eigenvalue weighted by Crippen LogP contribution is 2.26. The van der Waals surface area contributed by atoms with Gasteiger partial charge in [-0.3, -0.25) is 9.89 Å². The van der Waals surface area contributed by atoms with E-state index in [4.69, 9.17) is 0 Å². The monoisotopic (exact) mass is 307 g/mol. The number of hydrogen-bond donors (Lipinski definition) is 1. The van der Waals surface area contributed by atoms with Crippen LogP contribution in [0.2, 0.25) is 0 Å². The number of nitrogens with one attached hydrogen (secondary N) is 1. The molecule has 1 aromatic heterocycles. The summed E-state index contributed by atoms with van der Waals surface area (Å²) in [7, 11) is 0. The van der Waals surface area contributed by atoms with E-state index >= 15 is 0 Å². The van der Waals surface area contributed by atoms with Crippen molar-refractivity contribution in [3.8, 4) is 17.3 Å². The van der Waals surface area contributed by atoms with Crippen molar-refractivity contribution in [3.05, 3.63) is 47.2 Å². The summed E-state index contributed by atoms with van der Waals surface area (Å²) >= 11 is 0. The molecule has 1 N–H and O–H groups in total. The number of ketones is 1. The van der Waals surface area contributed by atoms with Crippen molar-refractivity contribution in [1.29, 1.82) is 5.26 Å². The molecule has 0 aliphatic heterocycles. The molecule has 1 heterocycles. The molecule has 0 aliphatic rings. The van der Waals surface area contributed by atoms with Crippen LogP contribution in [0.1, 0.15) is 38.8 Å². The number of aromatic nitrogens is 2. The minimum absolute atomic E-state index is 0.144. The molecule has 0 saturated carbocycles. The van der Waals surface area contributed by atoms with Crippen molar-refractivity contribution >= 4 is 11.9 Å². The number of carbonyl (C=O) groups is 1. The second kappa shape index (κ2) is 6.62. The lowest BCUT2D eigenvalue weighted by molar-refractivity contribution is -0.121. The predicted molar refractivity (Wildman–Crippen MR) is 91.5 cm³/mol. The lowest BCUT2D eigenvalue weighted by Crippen LogP contribution is -2.21. The van der Waals surface area contributed by atoms with Crippen molar-refractivity contribution in [3.63, 3.8) is 0 Å². The topological polar surface area (TPSA) is 69.5 Å². The van der Waals surface area contributed by atoms with Crippen molar-refractivity contribution in [2.45, 2.75) is 34.1 Å². The van der Waals surface area contributed by atoms with E-state index in [-0.39, 0.29) is 11.4 Å². The Balaban J connectivity index is 2.42. The van der Waals surface area contributed by atoms with E-state index in [2.05, 4.69) is 29.3 Å². The fourth-order valence-electron chi connectivity index (χ4n) is 2.25. The number of nitriles is 1. The van der Waals surface area contributed by atoms with Crippen LogP contribution < -0.4 is 0 Å². The highest BCUT2D eigenvalue weighted by molar-refractivity contribution is 6.06. The van der Waals surface area contributed by atoms with Crippen LogP contribution in [-0.4, -0.2) is 16.0 Å². The lowest BCUT2D eigenvalue weighted by Gasteiger charge is -2.15. The smallest absolute Gasteiger partial charge is 0.178 e. The van der Waals surface area contributed by atoms with Gasteiger partial charge in [-0.25, -0.2) is 0 Å². The first kappa shape index (κ1) is 16.7. The van der Waals surface area contributed by atoms with Crippen LogP contribution in [0.3, 0.4) is 0 Å². The standard InChI is InChI=1S/C19H21N3O/c1-5-13-6-8-14(9-7-13)17-16(12-21-22-17)10-15(11-20)18(23)19(2,3)4/h6-10,12H,5H2,1-4H3,(H,21,22)/b15-10-. The highest BCUT2D eigenvalue weighted by atomic mass is 16.1. The molecule has 4 nitrogen and oxygen atoms in total. The van der Waals surface area contributed by atoms with Crippen LogP contribution >= 0.6 is 0 Å².